The van der Waals surface area contributed by atoms with Crippen molar-refractivity contribution in [3.05, 3.63) is 332 Å². The van der Waals surface area contributed by atoms with E-state index in [2.05, 4.69) is 314 Å². The van der Waals surface area contributed by atoms with Crippen molar-refractivity contribution in [1.82, 2.24) is 0 Å². The van der Waals surface area contributed by atoms with Gasteiger partial charge in [0.1, 0.15) is 0 Å². The summed E-state index contributed by atoms with van der Waals surface area (Å²) in [5.74, 6) is 0. The van der Waals surface area contributed by atoms with Crippen LogP contribution in [-0.2, 0) is 5.41 Å². The fraction of sp³-hybridized carbons (Fsp3) is 0.0130. The molecule has 13 aromatic carbocycles. The fourth-order valence-electron chi connectivity index (χ4n) is 12.5. The minimum atomic E-state index is -0.462. The van der Waals surface area contributed by atoms with Gasteiger partial charge in [0.2, 0.25) is 0 Å². The molecular formula is C77H51NS. The average Bonchev–Trinajstić information content (AvgIpc) is 4.28. The Bertz CT molecular complexity index is 4520. The molecule has 2 heteroatoms. The third kappa shape index (κ3) is 8.07. The maximum atomic E-state index is 2.45. The Hall–Kier alpha value is -9.86. The summed E-state index contributed by atoms with van der Waals surface area (Å²) >= 11 is 1.86. The Morgan fingerprint density at radius 1 is 0.241 bits per heavy atom. The monoisotopic (exact) mass is 1020 g/mol. The van der Waals surface area contributed by atoms with Crippen LogP contribution in [-0.4, -0.2) is 0 Å². The third-order valence-electron chi connectivity index (χ3n) is 16.4. The molecule has 14 aromatic rings. The molecule has 370 valence electrons. The van der Waals surface area contributed by atoms with Gasteiger partial charge in [-0.05, 0) is 167 Å². The number of hydrogen-bond acceptors (Lipinski definition) is 2. The molecule has 1 aliphatic rings. The molecule has 0 radical (unpaired) electrons. The lowest BCUT2D eigenvalue weighted by Crippen LogP contribution is -2.28. The van der Waals surface area contributed by atoms with Crippen LogP contribution >= 0.6 is 11.3 Å². The van der Waals surface area contributed by atoms with Crippen LogP contribution in [0.3, 0.4) is 0 Å². The minimum Gasteiger partial charge on any atom is -0.311 e. The summed E-state index contributed by atoms with van der Waals surface area (Å²) in [7, 11) is 0. The lowest BCUT2D eigenvalue weighted by atomic mass is 9.67. The summed E-state index contributed by atoms with van der Waals surface area (Å²) in [5, 5.41) is 5.15. The van der Waals surface area contributed by atoms with E-state index in [0.717, 1.165) is 17.1 Å². The average molecular weight is 1020 g/mol. The van der Waals surface area contributed by atoms with E-state index in [-0.39, 0.29) is 0 Å². The Morgan fingerprint density at radius 2 is 0.671 bits per heavy atom. The van der Waals surface area contributed by atoms with Gasteiger partial charge in [-0.3, -0.25) is 0 Å². The highest BCUT2D eigenvalue weighted by atomic mass is 32.1. The lowest BCUT2D eigenvalue weighted by molar-refractivity contribution is 0.769. The van der Waals surface area contributed by atoms with Crippen molar-refractivity contribution in [2.24, 2.45) is 0 Å². The Balaban J connectivity index is 0.773. The lowest BCUT2D eigenvalue weighted by Gasteiger charge is -2.34. The summed E-state index contributed by atoms with van der Waals surface area (Å²) in [6, 6.07) is 114. The van der Waals surface area contributed by atoms with Gasteiger partial charge < -0.3 is 4.90 Å². The van der Waals surface area contributed by atoms with E-state index in [0.29, 0.717) is 0 Å². The summed E-state index contributed by atoms with van der Waals surface area (Å²) in [6.07, 6.45) is 0. The van der Waals surface area contributed by atoms with E-state index in [1.165, 1.54) is 120 Å². The Kier molecular flexibility index (Phi) is 11.3. The number of benzene rings is 13. The standard InChI is InChI=1S/C77H51NS/c1-3-18-64(19-4-1)77(65-20-5-2-6-21-65)73-24-11-9-22-69(73)70-46-38-62(50-74(70)77)56-34-42-67(43-35-56)78(68-44-36-57(37-45-68)63-39-47-72-71-23-10-12-25-75(71)79-76(72)51-63)66-40-32-54(33-41-66)53-26-28-55(29-27-53)59-16-13-17-60(48-59)61-31-30-52-14-7-8-15-58(52)49-61/h1-51H. The van der Waals surface area contributed by atoms with Gasteiger partial charge in [-0.2, -0.15) is 0 Å². The molecule has 15 rings (SSSR count). The molecule has 0 bridgehead atoms. The second-order valence-electron chi connectivity index (χ2n) is 20.8. The van der Waals surface area contributed by atoms with Crippen molar-refractivity contribution >= 4 is 59.3 Å². The van der Waals surface area contributed by atoms with E-state index in [1.807, 2.05) is 11.3 Å². The number of rotatable bonds is 10. The van der Waals surface area contributed by atoms with Crippen molar-refractivity contribution in [2.75, 3.05) is 4.90 Å². The van der Waals surface area contributed by atoms with Crippen molar-refractivity contribution in [2.45, 2.75) is 5.41 Å². The fourth-order valence-corrected chi connectivity index (χ4v) is 13.6. The second kappa shape index (κ2) is 19.3. The van der Waals surface area contributed by atoms with Gasteiger partial charge in [0.15, 0.2) is 0 Å². The molecule has 1 aromatic heterocycles. The zero-order valence-electron chi connectivity index (χ0n) is 43.3. The highest BCUT2D eigenvalue weighted by Gasteiger charge is 2.46. The van der Waals surface area contributed by atoms with Crippen molar-refractivity contribution in [3.63, 3.8) is 0 Å². The maximum Gasteiger partial charge on any atom is 0.0713 e. The summed E-state index contributed by atoms with van der Waals surface area (Å²) in [4.78, 5) is 2.38. The summed E-state index contributed by atoms with van der Waals surface area (Å²) < 4.78 is 2.63. The van der Waals surface area contributed by atoms with Crippen molar-refractivity contribution in [3.8, 4) is 66.8 Å². The SMILES string of the molecule is c1ccc(C2(c3ccccc3)c3ccccc3-c3ccc(-c4ccc(N(c5ccc(-c6ccc(-c7cccc(-c8ccc9ccccc9c8)c7)cc6)cc5)c5ccc(-c6ccc7c(c6)sc6ccccc67)cc5)cc4)cc32)cc1. The largest absolute Gasteiger partial charge is 0.311 e. The number of nitrogens with zero attached hydrogens (tertiary/aromatic N) is 1. The number of hydrogen-bond donors (Lipinski definition) is 0. The molecule has 0 N–H and O–H groups in total. The van der Waals surface area contributed by atoms with Gasteiger partial charge in [-0.1, -0.05) is 243 Å². The number of anilines is 3. The van der Waals surface area contributed by atoms with Crippen molar-refractivity contribution < 1.29 is 0 Å². The molecular weight excluding hydrogens is 971 g/mol. The third-order valence-corrected chi connectivity index (χ3v) is 17.5. The van der Waals surface area contributed by atoms with E-state index >= 15 is 0 Å². The molecule has 0 atom stereocenters. The van der Waals surface area contributed by atoms with Gasteiger partial charge in [-0.25, -0.2) is 0 Å². The highest BCUT2D eigenvalue weighted by Crippen LogP contribution is 2.57. The van der Waals surface area contributed by atoms with Gasteiger partial charge in [0.25, 0.3) is 0 Å². The molecule has 0 fully saturated rings. The first-order chi connectivity index (χ1) is 39.1. The topological polar surface area (TPSA) is 3.24 Å². The number of thiophene rings is 1. The van der Waals surface area contributed by atoms with Crippen LogP contribution in [0.15, 0.2) is 309 Å². The Labute approximate surface area is 465 Å². The smallest absolute Gasteiger partial charge is 0.0713 e. The van der Waals surface area contributed by atoms with Gasteiger partial charge in [-0.15, -0.1) is 11.3 Å². The molecule has 0 amide bonds. The van der Waals surface area contributed by atoms with E-state index in [1.54, 1.807) is 0 Å². The molecule has 0 spiro atoms. The van der Waals surface area contributed by atoms with Crippen molar-refractivity contribution in [1.29, 1.82) is 0 Å². The number of fused-ring (bicyclic) bond motifs is 7. The van der Waals surface area contributed by atoms with Crippen LogP contribution in [0.4, 0.5) is 17.1 Å². The summed E-state index contributed by atoms with van der Waals surface area (Å²) in [5.41, 5.74) is 22.5. The van der Waals surface area contributed by atoms with Crippen LogP contribution < -0.4 is 4.90 Å². The zero-order valence-corrected chi connectivity index (χ0v) is 44.1. The maximum absolute atomic E-state index is 2.45. The zero-order chi connectivity index (χ0) is 52.3. The van der Waals surface area contributed by atoms with Crippen LogP contribution in [0.1, 0.15) is 22.3 Å². The van der Waals surface area contributed by atoms with Gasteiger partial charge in [0.05, 0.1) is 5.41 Å². The normalized spacial score (nSPS) is 12.4. The first-order valence-electron chi connectivity index (χ1n) is 27.2. The molecule has 0 saturated carbocycles. The quantitative estimate of drug-likeness (QED) is 0.132. The predicted molar refractivity (Wildman–Crippen MR) is 336 cm³/mol. The molecule has 1 heterocycles. The van der Waals surface area contributed by atoms with Gasteiger partial charge >= 0.3 is 0 Å². The molecule has 0 aliphatic heterocycles. The van der Waals surface area contributed by atoms with E-state index < -0.39 is 5.41 Å². The van der Waals surface area contributed by atoms with Crippen LogP contribution in [0.5, 0.6) is 0 Å². The Morgan fingerprint density at radius 3 is 1.32 bits per heavy atom. The highest BCUT2D eigenvalue weighted by molar-refractivity contribution is 7.25. The van der Waals surface area contributed by atoms with Crippen LogP contribution in [0.2, 0.25) is 0 Å². The van der Waals surface area contributed by atoms with E-state index in [9.17, 15) is 0 Å². The molecule has 0 saturated heterocycles. The summed E-state index contributed by atoms with van der Waals surface area (Å²) in [6.45, 7) is 0. The van der Waals surface area contributed by atoms with Crippen LogP contribution in [0.25, 0.3) is 97.7 Å². The second-order valence-corrected chi connectivity index (χ2v) is 21.9. The molecule has 79 heavy (non-hydrogen) atoms. The predicted octanol–water partition coefficient (Wildman–Crippen LogP) is 21.4. The van der Waals surface area contributed by atoms with Gasteiger partial charge in [0, 0.05) is 37.2 Å². The molecule has 1 nitrogen and oxygen atoms in total. The first-order valence-corrected chi connectivity index (χ1v) is 28.0. The molecule has 0 unspecified atom stereocenters. The molecule has 1 aliphatic carbocycles. The minimum absolute atomic E-state index is 0.462. The van der Waals surface area contributed by atoms with Crippen LogP contribution in [0, 0.1) is 0 Å². The first kappa shape index (κ1) is 46.4. The van der Waals surface area contributed by atoms with E-state index in [4.69, 9.17) is 0 Å².